The molecule has 4 rings (SSSR count). The molecule has 2 N–H and O–H groups in total. The highest BCUT2D eigenvalue weighted by molar-refractivity contribution is 6.31. The van der Waals surface area contributed by atoms with Crippen molar-refractivity contribution >= 4 is 23.4 Å². The van der Waals surface area contributed by atoms with Gasteiger partial charge in [-0.2, -0.15) is 26.3 Å². The maximum absolute atomic E-state index is 13.5. The molecule has 2 aliphatic heterocycles. The second-order valence-electron chi connectivity index (χ2n) is 8.95. The van der Waals surface area contributed by atoms with E-state index in [0.717, 1.165) is 4.90 Å². The standard InChI is InChI=1S/C24H22ClF6N3O3/c1-22(6-7-32-37-22)34(13-14-9-15(23(26,27)28)11-16(10-14)24(29,30)31)19-3-2-8-33(21(35)36)20-12-17(25)4-5-18(19)20/h4-7,9-12,19,32H,2-3,8,13H2,1H3,(H,35,36). The van der Waals surface area contributed by atoms with Gasteiger partial charge in [0.1, 0.15) is 0 Å². The number of hydrogen-bond donors (Lipinski definition) is 2. The first kappa shape index (κ1) is 27.1. The molecule has 2 aliphatic rings. The van der Waals surface area contributed by atoms with Gasteiger partial charge in [0.2, 0.25) is 0 Å². The van der Waals surface area contributed by atoms with Crippen LogP contribution < -0.4 is 10.4 Å². The Morgan fingerprint density at radius 1 is 1.16 bits per heavy atom. The van der Waals surface area contributed by atoms with Crippen LogP contribution in [0.25, 0.3) is 0 Å². The second kappa shape index (κ2) is 9.73. The molecule has 37 heavy (non-hydrogen) atoms. The fourth-order valence-electron chi connectivity index (χ4n) is 4.69. The number of halogens is 7. The third-order valence-corrected chi connectivity index (χ3v) is 6.64. The van der Waals surface area contributed by atoms with Gasteiger partial charge in [-0.25, -0.2) is 4.79 Å². The monoisotopic (exact) mass is 549 g/mol. The highest BCUT2D eigenvalue weighted by atomic mass is 35.5. The average Bonchev–Trinajstić information content (AvgIpc) is 3.15. The van der Waals surface area contributed by atoms with Gasteiger partial charge in [-0.05, 0) is 67.3 Å². The molecule has 0 aromatic heterocycles. The lowest BCUT2D eigenvalue weighted by molar-refractivity contribution is -0.150. The van der Waals surface area contributed by atoms with Crippen LogP contribution in [0.2, 0.25) is 5.02 Å². The number of hydrogen-bond acceptors (Lipinski definition) is 4. The van der Waals surface area contributed by atoms with Crippen molar-refractivity contribution in [2.45, 2.75) is 50.4 Å². The number of nitrogens with zero attached hydrogens (tertiary/aromatic N) is 2. The van der Waals surface area contributed by atoms with Gasteiger partial charge in [0.25, 0.3) is 0 Å². The second-order valence-corrected chi connectivity index (χ2v) is 9.38. The highest BCUT2D eigenvalue weighted by Gasteiger charge is 2.42. The predicted octanol–water partition coefficient (Wildman–Crippen LogP) is 6.96. The average molecular weight is 550 g/mol. The van der Waals surface area contributed by atoms with Crippen LogP contribution in [0.5, 0.6) is 0 Å². The van der Waals surface area contributed by atoms with Crippen LogP contribution in [0, 0.1) is 0 Å². The number of benzene rings is 2. The van der Waals surface area contributed by atoms with Gasteiger partial charge in [0.15, 0.2) is 5.72 Å². The molecule has 0 bridgehead atoms. The fourth-order valence-corrected chi connectivity index (χ4v) is 4.85. The smallest absolute Gasteiger partial charge is 0.416 e. The summed E-state index contributed by atoms with van der Waals surface area (Å²) in [6, 6.07) is 5.43. The van der Waals surface area contributed by atoms with Gasteiger partial charge in [0.05, 0.1) is 16.8 Å². The summed E-state index contributed by atoms with van der Waals surface area (Å²) in [6.45, 7) is 1.37. The van der Waals surface area contributed by atoms with E-state index in [9.17, 15) is 36.2 Å². The quantitative estimate of drug-likeness (QED) is 0.404. The molecule has 2 aromatic rings. The Balaban J connectivity index is 1.85. The Hall–Kier alpha value is -2.96. The number of carboxylic acid groups (broad SMARTS) is 1. The summed E-state index contributed by atoms with van der Waals surface area (Å²) in [6.07, 6.45) is -7.45. The van der Waals surface area contributed by atoms with Crippen molar-refractivity contribution in [1.29, 1.82) is 0 Å². The van der Waals surface area contributed by atoms with Gasteiger partial charge < -0.3 is 5.11 Å². The maximum atomic E-state index is 13.5. The van der Waals surface area contributed by atoms with Crippen LogP contribution >= 0.6 is 11.6 Å². The van der Waals surface area contributed by atoms with E-state index in [1.54, 1.807) is 30.0 Å². The molecule has 0 saturated carbocycles. The van der Waals surface area contributed by atoms with Gasteiger partial charge in [-0.3, -0.25) is 20.1 Å². The van der Waals surface area contributed by atoms with E-state index in [0.29, 0.717) is 30.5 Å². The summed E-state index contributed by atoms with van der Waals surface area (Å²) >= 11 is 6.14. The Bertz CT molecular complexity index is 1190. The molecule has 13 heteroatoms. The highest BCUT2D eigenvalue weighted by Crippen LogP contribution is 2.44. The lowest BCUT2D eigenvalue weighted by atomic mass is 9.95. The first-order valence-electron chi connectivity index (χ1n) is 11.2. The number of anilines is 1. The van der Waals surface area contributed by atoms with Gasteiger partial charge in [-0.1, -0.05) is 17.7 Å². The molecular weight excluding hydrogens is 528 g/mol. The Labute approximate surface area is 213 Å². The zero-order valence-corrected chi connectivity index (χ0v) is 20.1. The molecule has 0 aliphatic carbocycles. The molecule has 2 atom stereocenters. The van der Waals surface area contributed by atoms with Gasteiger partial charge in [0, 0.05) is 30.4 Å². The predicted molar refractivity (Wildman–Crippen MR) is 123 cm³/mol. The maximum Gasteiger partial charge on any atom is 0.416 e. The van der Waals surface area contributed by atoms with Crippen molar-refractivity contribution in [3.05, 3.63) is 76.0 Å². The molecule has 0 saturated heterocycles. The fraction of sp³-hybridized carbons (Fsp3) is 0.375. The first-order chi connectivity index (χ1) is 17.2. The van der Waals surface area contributed by atoms with E-state index in [1.807, 2.05) is 0 Å². The Kier molecular flexibility index (Phi) is 7.12. The molecule has 2 unspecified atom stereocenters. The molecule has 0 radical (unpaired) electrons. The molecule has 2 heterocycles. The van der Waals surface area contributed by atoms with Crippen molar-refractivity contribution in [1.82, 2.24) is 10.4 Å². The number of rotatable bonds is 4. The van der Waals surface area contributed by atoms with Crippen molar-refractivity contribution in [3.63, 3.8) is 0 Å². The minimum atomic E-state index is -5.00. The van der Waals surface area contributed by atoms with Crippen LogP contribution in [0.15, 0.2) is 48.7 Å². The molecular formula is C24H22ClF6N3O3. The largest absolute Gasteiger partial charge is 0.465 e. The number of alkyl halides is 6. The minimum Gasteiger partial charge on any atom is -0.465 e. The third-order valence-electron chi connectivity index (χ3n) is 6.41. The van der Waals surface area contributed by atoms with Crippen LogP contribution in [0.1, 0.15) is 48.1 Å². The SMILES string of the molecule is CC1(N(Cc2cc(C(F)(F)F)cc(C(F)(F)F)c2)C2CCCN(C(=O)O)c3cc(Cl)ccc32)C=CNO1. The third kappa shape index (κ3) is 5.65. The van der Waals surface area contributed by atoms with Crippen molar-refractivity contribution < 1.29 is 41.1 Å². The Morgan fingerprint density at radius 2 is 1.81 bits per heavy atom. The van der Waals surface area contributed by atoms with Crippen LogP contribution in [-0.4, -0.2) is 28.4 Å². The van der Waals surface area contributed by atoms with Crippen molar-refractivity contribution in [2.75, 3.05) is 11.4 Å². The summed E-state index contributed by atoms with van der Waals surface area (Å²) in [5, 5.41) is 10.0. The Morgan fingerprint density at radius 3 is 2.35 bits per heavy atom. The number of fused-ring (bicyclic) bond motifs is 1. The van der Waals surface area contributed by atoms with Gasteiger partial charge >= 0.3 is 18.4 Å². The molecule has 0 spiro atoms. The zero-order valence-electron chi connectivity index (χ0n) is 19.3. The summed E-state index contributed by atoms with van der Waals surface area (Å²) in [5.41, 5.74) is -1.03. The van der Waals surface area contributed by atoms with Crippen LogP contribution in [0.3, 0.4) is 0 Å². The van der Waals surface area contributed by atoms with E-state index in [1.165, 1.54) is 12.3 Å². The number of hydroxylamine groups is 1. The first-order valence-corrected chi connectivity index (χ1v) is 11.5. The van der Waals surface area contributed by atoms with E-state index in [4.69, 9.17) is 16.4 Å². The lowest BCUT2D eigenvalue weighted by Gasteiger charge is -2.41. The van der Waals surface area contributed by atoms with Crippen molar-refractivity contribution in [3.8, 4) is 0 Å². The van der Waals surface area contributed by atoms with Crippen molar-refractivity contribution in [2.24, 2.45) is 0 Å². The summed E-state index contributed by atoms with van der Waals surface area (Å²) in [7, 11) is 0. The molecule has 0 fully saturated rings. The molecule has 6 nitrogen and oxygen atoms in total. The summed E-state index contributed by atoms with van der Waals surface area (Å²) < 4.78 is 81.1. The zero-order chi connectivity index (χ0) is 27.2. The molecule has 1 amide bonds. The van der Waals surface area contributed by atoms with Gasteiger partial charge in [-0.15, -0.1) is 0 Å². The van der Waals surface area contributed by atoms with E-state index in [2.05, 4.69) is 5.48 Å². The van der Waals surface area contributed by atoms with Crippen LogP contribution in [-0.2, 0) is 23.7 Å². The molecule has 200 valence electrons. The number of carbonyl (C=O) groups is 1. The van der Waals surface area contributed by atoms with E-state index >= 15 is 0 Å². The van der Waals surface area contributed by atoms with E-state index < -0.39 is 41.3 Å². The number of nitrogens with one attached hydrogen (secondary N) is 1. The van der Waals surface area contributed by atoms with Crippen LogP contribution in [0.4, 0.5) is 36.8 Å². The summed E-state index contributed by atoms with van der Waals surface area (Å²) in [4.78, 5) is 20.3. The lowest BCUT2D eigenvalue weighted by Crippen LogP contribution is -2.48. The number of amides is 1. The molecule has 2 aromatic carbocycles. The summed E-state index contributed by atoms with van der Waals surface area (Å²) in [5.74, 6) is 0. The topological polar surface area (TPSA) is 65.0 Å². The van der Waals surface area contributed by atoms with E-state index in [-0.39, 0.29) is 35.4 Å². The minimum absolute atomic E-state index is 0.0801. The normalized spacial score (nSPS) is 22.1.